The minimum absolute atomic E-state index is 0.0343. The normalized spacial score (nSPS) is 10.9. The van der Waals surface area contributed by atoms with Gasteiger partial charge in [0.05, 0.1) is 16.8 Å². The molecule has 152 valence electrons. The van der Waals surface area contributed by atoms with Crippen molar-refractivity contribution in [1.29, 1.82) is 0 Å². The van der Waals surface area contributed by atoms with Gasteiger partial charge in [-0.25, -0.2) is 4.98 Å². The molecule has 0 atom stereocenters. The Hall–Kier alpha value is -3.12. The molecule has 1 amide bonds. The van der Waals surface area contributed by atoms with Crippen LogP contribution >= 0.6 is 11.8 Å². The summed E-state index contributed by atoms with van der Waals surface area (Å²) in [5.74, 6) is 1.49. The van der Waals surface area contributed by atoms with E-state index in [2.05, 4.69) is 45.2 Å². The topological polar surface area (TPSA) is 59.8 Å². The molecule has 0 aliphatic rings. The van der Waals surface area contributed by atoms with E-state index in [0.717, 1.165) is 34.6 Å². The Labute approximate surface area is 180 Å². The first-order chi connectivity index (χ1) is 14.8. The average molecular weight is 417 g/mol. The van der Waals surface area contributed by atoms with Crippen molar-refractivity contribution < 1.29 is 4.79 Å². The second kappa shape index (κ2) is 10.1. The predicted molar refractivity (Wildman–Crippen MR) is 122 cm³/mol. The Morgan fingerprint density at radius 2 is 1.70 bits per heavy atom. The van der Waals surface area contributed by atoms with Gasteiger partial charge in [-0.15, -0.1) is 11.8 Å². The van der Waals surface area contributed by atoms with Crippen LogP contribution in [0.5, 0.6) is 0 Å². The highest BCUT2D eigenvalue weighted by Crippen LogP contribution is 2.18. The van der Waals surface area contributed by atoms with Crippen LogP contribution in [0.25, 0.3) is 11.0 Å². The first kappa shape index (κ1) is 20.2. The molecule has 0 aliphatic heterocycles. The zero-order chi connectivity index (χ0) is 20.6. The molecule has 0 saturated carbocycles. The lowest BCUT2D eigenvalue weighted by Gasteiger charge is -2.11. The summed E-state index contributed by atoms with van der Waals surface area (Å²) in [5, 5.41) is 3.03. The van der Waals surface area contributed by atoms with E-state index in [4.69, 9.17) is 4.98 Å². The van der Waals surface area contributed by atoms with Gasteiger partial charge < -0.3 is 9.88 Å². The molecule has 0 saturated heterocycles. The fraction of sp³-hybridized carbons (Fsp3) is 0.208. The first-order valence-electron chi connectivity index (χ1n) is 10.1. The number of benzene rings is 2. The van der Waals surface area contributed by atoms with Crippen molar-refractivity contribution in [3.05, 3.63) is 90.5 Å². The highest BCUT2D eigenvalue weighted by Gasteiger charge is 2.11. The van der Waals surface area contributed by atoms with Crippen molar-refractivity contribution in [2.75, 3.05) is 12.3 Å². The van der Waals surface area contributed by atoms with Crippen LogP contribution in [-0.4, -0.2) is 32.7 Å². The lowest BCUT2D eigenvalue weighted by molar-refractivity contribution is -0.118. The maximum absolute atomic E-state index is 12.2. The van der Waals surface area contributed by atoms with Crippen LogP contribution in [0.15, 0.2) is 84.0 Å². The molecule has 4 rings (SSSR count). The van der Waals surface area contributed by atoms with E-state index >= 15 is 0 Å². The van der Waals surface area contributed by atoms with Crippen molar-refractivity contribution in [2.45, 2.75) is 24.3 Å². The molecule has 0 bridgehead atoms. The molecule has 30 heavy (non-hydrogen) atoms. The van der Waals surface area contributed by atoms with Gasteiger partial charge in [0.25, 0.3) is 0 Å². The van der Waals surface area contributed by atoms with Gasteiger partial charge in [-0.3, -0.25) is 9.78 Å². The lowest BCUT2D eigenvalue weighted by atomic mass is 10.1. The standard InChI is InChI=1S/C24H24N4OS/c29-24(18-30-20-12-14-25-15-13-20)26-16-17-28-22-9-5-4-8-21(22)27-23(28)11-10-19-6-2-1-3-7-19/h1-9,12-15H,10-11,16-18H2,(H,26,29). The number of thioether (sulfide) groups is 1. The van der Waals surface area contributed by atoms with Crippen LogP contribution < -0.4 is 5.32 Å². The van der Waals surface area contributed by atoms with Gasteiger partial charge in [0.2, 0.25) is 5.91 Å². The quantitative estimate of drug-likeness (QED) is 0.417. The maximum Gasteiger partial charge on any atom is 0.230 e. The summed E-state index contributed by atoms with van der Waals surface area (Å²) >= 11 is 1.52. The zero-order valence-corrected chi connectivity index (χ0v) is 17.5. The summed E-state index contributed by atoms with van der Waals surface area (Å²) in [6.07, 6.45) is 5.28. The third-order valence-electron chi connectivity index (χ3n) is 4.89. The number of hydrogen-bond donors (Lipinski definition) is 1. The van der Waals surface area contributed by atoms with Crippen molar-refractivity contribution in [2.24, 2.45) is 0 Å². The van der Waals surface area contributed by atoms with Crippen molar-refractivity contribution in [3.8, 4) is 0 Å². The molecule has 1 N–H and O–H groups in total. The van der Waals surface area contributed by atoms with Crippen LogP contribution in [0.2, 0.25) is 0 Å². The monoisotopic (exact) mass is 416 g/mol. The van der Waals surface area contributed by atoms with Gasteiger partial charge in [0.1, 0.15) is 5.82 Å². The second-order valence-corrected chi connectivity index (χ2v) is 8.02. The number of nitrogens with one attached hydrogen (secondary N) is 1. The molecule has 0 unspecified atom stereocenters. The molecule has 0 spiro atoms. The van der Waals surface area contributed by atoms with E-state index in [0.29, 0.717) is 18.8 Å². The van der Waals surface area contributed by atoms with E-state index in [1.165, 1.54) is 17.3 Å². The minimum atomic E-state index is 0.0343. The van der Waals surface area contributed by atoms with E-state index in [-0.39, 0.29) is 5.91 Å². The molecule has 2 aromatic heterocycles. The van der Waals surface area contributed by atoms with Crippen molar-refractivity contribution >= 4 is 28.7 Å². The van der Waals surface area contributed by atoms with Crippen LogP contribution in [-0.2, 0) is 24.2 Å². The molecule has 6 heteroatoms. The zero-order valence-electron chi connectivity index (χ0n) is 16.7. The average Bonchev–Trinajstić information content (AvgIpc) is 3.15. The van der Waals surface area contributed by atoms with Gasteiger partial charge in [0, 0.05) is 36.8 Å². The van der Waals surface area contributed by atoms with Crippen LogP contribution in [0.4, 0.5) is 0 Å². The van der Waals surface area contributed by atoms with E-state index in [1.54, 1.807) is 12.4 Å². The van der Waals surface area contributed by atoms with E-state index < -0.39 is 0 Å². The minimum Gasteiger partial charge on any atom is -0.354 e. The molecule has 0 radical (unpaired) electrons. The Balaban J connectivity index is 1.37. The van der Waals surface area contributed by atoms with Gasteiger partial charge in [-0.05, 0) is 36.2 Å². The molecular formula is C24H24N4OS. The number of carbonyl (C=O) groups is 1. The number of carbonyl (C=O) groups excluding carboxylic acids is 1. The summed E-state index contributed by atoms with van der Waals surface area (Å²) in [7, 11) is 0. The number of aryl methyl sites for hydroxylation is 2. The van der Waals surface area contributed by atoms with Crippen molar-refractivity contribution in [1.82, 2.24) is 19.9 Å². The maximum atomic E-state index is 12.2. The predicted octanol–water partition coefficient (Wildman–Crippen LogP) is 4.13. The van der Waals surface area contributed by atoms with Gasteiger partial charge in [0.15, 0.2) is 0 Å². The molecule has 0 aliphatic carbocycles. The van der Waals surface area contributed by atoms with Crippen LogP contribution in [0.1, 0.15) is 11.4 Å². The van der Waals surface area contributed by atoms with Crippen molar-refractivity contribution in [3.63, 3.8) is 0 Å². The van der Waals surface area contributed by atoms with Crippen LogP contribution in [0, 0.1) is 0 Å². The number of pyridine rings is 1. The Bertz CT molecular complexity index is 1100. The summed E-state index contributed by atoms with van der Waals surface area (Å²) in [5.41, 5.74) is 3.42. The third-order valence-corrected chi connectivity index (χ3v) is 5.90. The fourth-order valence-electron chi connectivity index (χ4n) is 3.41. The van der Waals surface area contributed by atoms with Gasteiger partial charge in [-0.2, -0.15) is 0 Å². The number of fused-ring (bicyclic) bond motifs is 1. The highest BCUT2D eigenvalue weighted by atomic mass is 32.2. The number of hydrogen-bond acceptors (Lipinski definition) is 4. The Morgan fingerprint density at radius 1 is 0.933 bits per heavy atom. The number of aromatic nitrogens is 3. The molecule has 2 aromatic carbocycles. The van der Waals surface area contributed by atoms with Crippen LogP contribution in [0.3, 0.4) is 0 Å². The molecular weight excluding hydrogens is 392 g/mol. The number of para-hydroxylation sites is 2. The van der Waals surface area contributed by atoms with E-state index in [9.17, 15) is 4.79 Å². The summed E-state index contributed by atoms with van der Waals surface area (Å²) in [6, 6.07) is 22.5. The largest absolute Gasteiger partial charge is 0.354 e. The molecule has 5 nitrogen and oxygen atoms in total. The highest BCUT2D eigenvalue weighted by molar-refractivity contribution is 8.00. The summed E-state index contributed by atoms with van der Waals surface area (Å²) in [4.78, 5) is 22.1. The number of nitrogens with zero attached hydrogens (tertiary/aromatic N) is 3. The lowest BCUT2D eigenvalue weighted by Crippen LogP contribution is -2.29. The molecule has 4 aromatic rings. The second-order valence-electron chi connectivity index (χ2n) is 6.98. The SMILES string of the molecule is O=C(CSc1ccncc1)NCCn1c(CCc2ccccc2)nc2ccccc21. The first-order valence-corrected chi connectivity index (χ1v) is 11.1. The summed E-state index contributed by atoms with van der Waals surface area (Å²) in [6.45, 7) is 1.28. The Morgan fingerprint density at radius 3 is 2.53 bits per heavy atom. The Kier molecular flexibility index (Phi) is 6.77. The number of rotatable bonds is 9. The third kappa shape index (κ3) is 5.27. The van der Waals surface area contributed by atoms with Gasteiger partial charge >= 0.3 is 0 Å². The number of amides is 1. The fourth-order valence-corrected chi connectivity index (χ4v) is 4.12. The van der Waals surface area contributed by atoms with Gasteiger partial charge in [-0.1, -0.05) is 42.5 Å². The molecule has 0 fully saturated rings. The number of imidazole rings is 1. The van der Waals surface area contributed by atoms with E-state index in [1.807, 2.05) is 36.4 Å². The smallest absolute Gasteiger partial charge is 0.230 e. The summed E-state index contributed by atoms with van der Waals surface area (Å²) < 4.78 is 2.23. The molecule has 2 heterocycles.